The molecular weight excluding hydrogens is 416 g/mol. The molecule has 2 aliphatic heterocycles. The molecule has 2 aromatic rings. The average molecular weight is 453 g/mol. The largest absolute Gasteiger partial charge is 0.493 e. The Morgan fingerprint density at radius 2 is 1.73 bits per heavy atom. The molecule has 6 heteroatoms. The van der Waals surface area contributed by atoms with Gasteiger partial charge in [-0.1, -0.05) is 30.3 Å². The van der Waals surface area contributed by atoms with E-state index in [2.05, 4.69) is 52.3 Å². The fraction of sp³-hybridized carbons (Fsp3) is 0.519. The van der Waals surface area contributed by atoms with Gasteiger partial charge in [-0.3, -0.25) is 14.6 Å². The number of rotatable bonds is 8. The van der Waals surface area contributed by atoms with Crippen molar-refractivity contribution in [2.24, 2.45) is 5.92 Å². The molecular formula is C27H36N2O4. The van der Waals surface area contributed by atoms with Gasteiger partial charge < -0.3 is 14.2 Å². The van der Waals surface area contributed by atoms with E-state index in [1.54, 1.807) is 14.2 Å². The number of hydrogen-bond donors (Lipinski definition) is 0. The van der Waals surface area contributed by atoms with Gasteiger partial charge in [-0.25, -0.2) is 0 Å². The first-order chi connectivity index (χ1) is 16.1. The van der Waals surface area contributed by atoms with Crippen molar-refractivity contribution < 1.29 is 19.0 Å². The van der Waals surface area contributed by atoms with Crippen LogP contribution in [0.2, 0.25) is 0 Å². The summed E-state index contributed by atoms with van der Waals surface area (Å²) in [4.78, 5) is 17.1. The van der Waals surface area contributed by atoms with Gasteiger partial charge in [0.15, 0.2) is 11.5 Å². The first-order valence-electron chi connectivity index (χ1n) is 11.9. The zero-order valence-corrected chi connectivity index (χ0v) is 20.1. The number of esters is 1. The molecule has 0 N–H and O–H groups in total. The Morgan fingerprint density at radius 1 is 1.00 bits per heavy atom. The summed E-state index contributed by atoms with van der Waals surface area (Å²) in [6.45, 7) is 4.98. The number of carbonyl (C=O) groups excluding carboxylic acids is 1. The van der Waals surface area contributed by atoms with Crippen LogP contribution in [-0.4, -0.2) is 62.8 Å². The van der Waals surface area contributed by atoms with Crippen molar-refractivity contribution >= 4 is 5.97 Å². The smallest absolute Gasteiger partial charge is 0.305 e. The quantitative estimate of drug-likeness (QED) is 0.566. The van der Waals surface area contributed by atoms with Crippen LogP contribution >= 0.6 is 0 Å². The van der Waals surface area contributed by atoms with Crippen molar-refractivity contribution in [3.05, 3.63) is 59.2 Å². The molecule has 4 rings (SSSR count). The highest BCUT2D eigenvalue weighted by atomic mass is 16.5. The Balaban J connectivity index is 1.48. The van der Waals surface area contributed by atoms with Crippen LogP contribution in [0.25, 0.3) is 0 Å². The molecule has 33 heavy (non-hydrogen) atoms. The van der Waals surface area contributed by atoms with Crippen LogP contribution in [0.5, 0.6) is 11.5 Å². The van der Waals surface area contributed by atoms with Crippen molar-refractivity contribution in [2.75, 3.05) is 41.0 Å². The molecule has 2 unspecified atom stereocenters. The van der Waals surface area contributed by atoms with Crippen molar-refractivity contribution in [1.82, 2.24) is 9.80 Å². The fourth-order valence-corrected chi connectivity index (χ4v) is 5.44. The van der Waals surface area contributed by atoms with Crippen molar-refractivity contribution in [1.29, 1.82) is 0 Å². The zero-order chi connectivity index (χ0) is 23.2. The van der Waals surface area contributed by atoms with E-state index in [4.69, 9.17) is 14.2 Å². The van der Waals surface area contributed by atoms with Gasteiger partial charge in [-0.05, 0) is 60.5 Å². The SMILES string of the molecule is COC(=O)CCC1CN(Cc2ccccc2)CCC1N1CCc2cc(OC)c(OC)cc2C1. The molecule has 6 nitrogen and oxygen atoms in total. The second-order valence-electron chi connectivity index (χ2n) is 9.15. The number of methoxy groups -OCH3 is 3. The Bertz CT molecular complexity index is 933. The highest BCUT2D eigenvalue weighted by Gasteiger charge is 2.35. The standard InChI is InChI=1S/C27H36N2O4/c1-31-25-15-21-11-14-29(19-23(21)16-26(25)32-2)24-12-13-28(17-20-7-5-4-6-8-20)18-22(24)9-10-27(30)33-3/h4-8,15-16,22,24H,9-14,17-19H2,1-3H3. The van der Waals surface area contributed by atoms with Gasteiger partial charge in [0.2, 0.25) is 0 Å². The van der Waals surface area contributed by atoms with Crippen LogP contribution in [0, 0.1) is 5.92 Å². The minimum atomic E-state index is -0.116. The second-order valence-corrected chi connectivity index (χ2v) is 9.15. The summed E-state index contributed by atoms with van der Waals surface area (Å²) < 4.78 is 16.0. The van der Waals surface area contributed by atoms with Crippen LogP contribution < -0.4 is 9.47 Å². The molecule has 178 valence electrons. The van der Waals surface area contributed by atoms with Crippen LogP contribution in [0.15, 0.2) is 42.5 Å². The summed E-state index contributed by atoms with van der Waals surface area (Å²) in [5.41, 5.74) is 4.00. The molecule has 2 atom stereocenters. The first kappa shape index (κ1) is 23.6. The highest BCUT2D eigenvalue weighted by Crippen LogP contribution is 2.36. The number of nitrogens with zero attached hydrogens (tertiary/aromatic N) is 2. The molecule has 0 aromatic heterocycles. The lowest BCUT2D eigenvalue weighted by Gasteiger charge is -2.45. The lowest BCUT2D eigenvalue weighted by atomic mass is 9.85. The average Bonchev–Trinajstić information content (AvgIpc) is 2.86. The van der Waals surface area contributed by atoms with Gasteiger partial charge in [-0.15, -0.1) is 0 Å². The van der Waals surface area contributed by atoms with Gasteiger partial charge in [0.1, 0.15) is 0 Å². The van der Waals surface area contributed by atoms with Crippen LogP contribution in [0.1, 0.15) is 36.0 Å². The zero-order valence-electron chi connectivity index (χ0n) is 20.1. The summed E-state index contributed by atoms with van der Waals surface area (Å²) in [6.07, 6.45) is 3.45. The number of piperidine rings is 1. The summed E-state index contributed by atoms with van der Waals surface area (Å²) in [5, 5.41) is 0. The van der Waals surface area contributed by atoms with Crippen LogP contribution in [0.3, 0.4) is 0 Å². The Kier molecular flexibility index (Phi) is 7.89. The topological polar surface area (TPSA) is 51.2 Å². The van der Waals surface area contributed by atoms with E-state index in [9.17, 15) is 4.79 Å². The predicted molar refractivity (Wildman–Crippen MR) is 129 cm³/mol. The highest BCUT2D eigenvalue weighted by molar-refractivity contribution is 5.69. The maximum Gasteiger partial charge on any atom is 0.305 e. The molecule has 0 bridgehead atoms. The molecule has 2 heterocycles. The second kappa shape index (κ2) is 11.0. The maximum atomic E-state index is 11.9. The lowest BCUT2D eigenvalue weighted by Crippen LogP contribution is -2.52. The minimum absolute atomic E-state index is 0.116. The number of likely N-dealkylation sites (tertiary alicyclic amines) is 1. The molecule has 0 spiro atoms. The monoisotopic (exact) mass is 452 g/mol. The third kappa shape index (κ3) is 5.68. The van der Waals surface area contributed by atoms with Gasteiger partial charge in [0, 0.05) is 38.6 Å². The van der Waals surface area contributed by atoms with Gasteiger partial charge in [-0.2, -0.15) is 0 Å². The van der Waals surface area contributed by atoms with E-state index >= 15 is 0 Å². The first-order valence-corrected chi connectivity index (χ1v) is 11.9. The molecule has 0 amide bonds. The third-order valence-electron chi connectivity index (χ3n) is 7.19. The van der Waals surface area contributed by atoms with E-state index in [-0.39, 0.29) is 5.97 Å². The van der Waals surface area contributed by atoms with E-state index in [1.165, 1.54) is 23.8 Å². The Hall–Kier alpha value is -2.57. The minimum Gasteiger partial charge on any atom is -0.493 e. The van der Waals surface area contributed by atoms with Gasteiger partial charge in [0.25, 0.3) is 0 Å². The van der Waals surface area contributed by atoms with E-state index < -0.39 is 0 Å². The normalized spacial score (nSPS) is 21.3. The lowest BCUT2D eigenvalue weighted by molar-refractivity contribution is -0.141. The van der Waals surface area contributed by atoms with E-state index in [0.29, 0.717) is 18.4 Å². The third-order valence-corrected chi connectivity index (χ3v) is 7.19. The molecule has 0 saturated carbocycles. The fourth-order valence-electron chi connectivity index (χ4n) is 5.44. The molecule has 0 radical (unpaired) electrons. The van der Waals surface area contributed by atoms with Crippen LogP contribution in [-0.2, 0) is 29.0 Å². The summed E-state index contributed by atoms with van der Waals surface area (Å²) in [6, 6.07) is 15.4. The molecule has 2 aliphatic rings. The Morgan fingerprint density at radius 3 is 2.42 bits per heavy atom. The van der Waals surface area contributed by atoms with Crippen LogP contribution in [0.4, 0.5) is 0 Å². The number of benzene rings is 2. The van der Waals surface area contributed by atoms with Crippen molar-refractivity contribution in [2.45, 2.75) is 44.8 Å². The molecule has 1 fully saturated rings. The maximum absolute atomic E-state index is 11.9. The van der Waals surface area contributed by atoms with Gasteiger partial charge >= 0.3 is 5.97 Å². The summed E-state index contributed by atoms with van der Waals surface area (Å²) >= 11 is 0. The predicted octanol–water partition coefficient (Wildman–Crippen LogP) is 3.91. The van der Waals surface area contributed by atoms with Crippen molar-refractivity contribution in [3.63, 3.8) is 0 Å². The number of hydrogen-bond acceptors (Lipinski definition) is 6. The van der Waals surface area contributed by atoms with Crippen molar-refractivity contribution in [3.8, 4) is 11.5 Å². The van der Waals surface area contributed by atoms with E-state index in [1.807, 2.05) is 0 Å². The molecule has 2 aromatic carbocycles. The summed E-state index contributed by atoms with van der Waals surface area (Å²) in [5.74, 6) is 1.91. The Labute approximate surface area is 197 Å². The number of carbonyl (C=O) groups is 1. The number of ether oxygens (including phenoxy) is 3. The number of fused-ring (bicyclic) bond motifs is 1. The van der Waals surface area contributed by atoms with Gasteiger partial charge in [0.05, 0.1) is 21.3 Å². The van der Waals surface area contributed by atoms with E-state index in [0.717, 1.165) is 63.5 Å². The summed E-state index contributed by atoms with van der Waals surface area (Å²) in [7, 11) is 4.86. The molecule has 0 aliphatic carbocycles. The molecule has 1 saturated heterocycles.